The fraction of sp³-hybridized carbons (Fsp3) is 0.400. The Hall–Kier alpha value is -3.57. The van der Waals surface area contributed by atoms with Crippen LogP contribution in [0.4, 0.5) is 5.82 Å². The van der Waals surface area contributed by atoms with E-state index in [1.54, 1.807) is 36.7 Å². The van der Waals surface area contributed by atoms with Crippen molar-refractivity contribution in [2.45, 2.75) is 46.3 Å². The van der Waals surface area contributed by atoms with E-state index >= 15 is 0 Å². The Morgan fingerprint density at radius 2 is 1.94 bits per heavy atom. The summed E-state index contributed by atoms with van der Waals surface area (Å²) in [6, 6.07) is 4.35. The molecule has 0 atom stereocenters. The zero-order valence-corrected chi connectivity index (χ0v) is 22.7. The molecule has 3 rings (SSSR count). The summed E-state index contributed by atoms with van der Waals surface area (Å²) in [6.45, 7) is 14.9. The van der Waals surface area contributed by atoms with Gasteiger partial charge >= 0.3 is 5.97 Å². The van der Waals surface area contributed by atoms with Crippen LogP contribution in [0, 0.1) is 0 Å². The number of ether oxygens (including phenoxy) is 3. The number of pyridine rings is 1. The average Bonchev–Trinajstić information content (AvgIpc) is 3.20. The van der Waals surface area contributed by atoms with E-state index < -0.39 is 14.0 Å². The molecule has 0 aromatic carbocycles. The molecule has 1 amide bonds. The third-order valence-corrected chi connectivity index (χ3v) is 6.99. The maximum absolute atomic E-state index is 12.9. The molecule has 10 nitrogen and oxygen atoms in total. The maximum atomic E-state index is 12.9. The number of methoxy groups -OCH3 is 1. The van der Waals surface area contributed by atoms with Gasteiger partial charge in [-0.3, -0.25) is 4.79 Å². The lowest BCUT2D eigenvalue weighted by molar-refractivity contribution is -0.112. The largest absolute Gasteiger partial charge is 0.481 e. The number of carbonyl (C=O) groups is 2. The van der Waals surface area contributed by atoms with Crippen molar-refractivity contribution in [2.75, 3.05) is 25.6 Å². The van der Waals surface area contributed by atoms with Crippen LogP contribution in [0.1, 0.15) is 24.2 Å². The van der Waals surface area contributed by atoms with Crippen molar-refractivity contribution in [1.29, 1.82) is 0 Å². The molecule has 0 spiro atoms. The van der Waals surface area contributed by atoms with Crippen molar-refractivity contribution in [3.05, 3.63) is 42.4 Å². The van der Waals surface area contributed by atoms with E-state index in [1.807, 2.05) is 0 Å². The van der Waals surface area contributed by atoms with Crippen LogP contribution in [0.25, 0.3) is 22.3 Å². The second-order valence-electron chi connectivity index (χ2n) is 9.52. The monoisotopic (exact) mass is 511 g/mol. The number of carbonyl (C=O) groups excluding carboxylic acids is 2. The predicted molar refractivity (Wildman–Crippen MR) is 141 cm³/mol. The lowest BCUT2D eigenvalue weighted by Gasteiger charge is -2.15. The summed E-state index contributed by atoms with van der Waals surface area (Å²) in [7, 11) is 0.230. The van der Waals surface area contributed by atoms with E-state index in [9.17, 15) is 9.59 Å². The maximum Gasteiger partial charge on any atom is 0.340 e. The molecule has 0 unspecified atom stereocenters. The molecular formula is C25H33N5O5Si. The van der Waals surface area contributed by atoms with Crippen LogP contribution in [0.5, 0.6) is 5.88 Å². The highest BCUT2D eigenvalue weighted by atomic mass is 28.3. The van der Waals surface area contributed by atoms with Gasteiger partial charge in [0.1, 0.15) is 24.5 Å². The van der Waals surface area contributed by atoms with Crippen LogP contribution in [-0.2, 0) is 21.0 Å². The summed E-state index contributed by atoms with van der Waals surface area (Å²) in [6.07, 6.45) is 3.10. The smallest absolute Gasteiger partial charge is 0.340 e. The first-order chi connectivity index (χ1) is 17.0. The van der Waals surface area contributed by atoms with Crippen molar-refractivity contribution >= 4 is 36.8 Å². The highest BCUT2D eigenvalue weighted by Gasteiger charge is 2.23. The van der Waals surface area contributed by atoms with E-state index in [2.05, 4.69) is 46.5 Å². The minimum absolute atomic E-state index is 0.224. The van der Waals surface area contributed by atoms with Gasteiger partial charge in [-0.05, 0) is 26.0 Å². The van der Waals surface area contributed by atoms with E-state index in [0.29, 0.717) is 40.0 Å². The standard InChI is InChI=1S/C25H33N5O5Si/c1-8-35-25(32)18-13-30(15-34-9-10-36(5,6)7)23-21(18)22(26-14-27-23)17-11-19(28-20(12-17)33-4)29-24(31)16(2)3/h11-14H,2,8-10,15H2,1,3-7H3,(H,28,29,31). The van der Waals surface area contributed by atoms with Crippen molar-refractivity contribution in [1.82, 2.24) is 19.5 Å². The molecule has 0 aliphatic rings. The topological polar surface area (TPSA) is 117 Å². The molecule has 0 saturated carbocycles. The first kappa shape index (κ1) is 27.0. The van der Waals surface area contributed by atoms with Gasteiger partial charge in [-0.2, -0.15) is 4.98 Å². The number of rotatable bonds is 11. The van der Waals surface area contributed by atoms with Gasteiger partial charge in [-0.25, -0.2) is 14.8 Å². The molecule has 0 fully saturated rings. The van der Waals surface area contributed by atoms with Gasteiger partial charge in [0.2, 0.25) is 5.88 Å². The lowest BCUT2D eigenvalue weighted by atomic mass is 10.1. The predicted octanol–water partition coefficient (Wildman–Crippen LogP) is 4.51. The molecule has 3 aromatic heterocycles. The Balaban J connectivity index is 2.10. The molecule has 1 N–H and O–H groups in total. The quantitative estimate of drug-likeness (QED) is 0.173. The van der Waals surface area contributed by atoms with Crippen LogP contribution in [0.2, 0.25) is 25.7 Å². The first-order valence-corrected chi connectivity index (χ1v) is 15.4. The Labute approximate surface area is 211 Å². The fourth-order valence-corrected chi connectivity index (χ4v) is 4.14. The number of hydrogen-bond donors (Lipinski definition) is 1. The number of nitrogens with zero attached hydrogens (tertiary/aromatic N) is 4. The molecule has 3 aromatic rings. The van der Waals surface area contributed by atoms with E-state index in [0.717, 1.165) is 6.04 Å². The van der Waals surface area contributed by atoms with E-state index in [4.69, 9.17) is 14.2 Å². The Kier molecular flexibility index (Phi) is 8.59. The SMILES string of the molecule is C=C(C)C(=O)Nc1cc(-c2ncnc3c2c(C(=O)OCC)cn3COCC[Si](C)(C)C)cc(OC)n1. The highest BCUT2D eigenvalue weighted by molar-refractivity contribution is 6.76. The Bertz CT molecular complexity index is 1280. The molecule has 36 heavy (non-hydrogen) atoms. The first-order valence-electron chi connectivity index (χ1n) is 11.7. The minimum Gasteiger partial charge on any atom is -0.481 e. The molecular weight excluding hydrogens is 478 g/mol. The van der Waals surface area contributed by atoms with Crippen LogP contribution < -0.4 is 10.1 Å². The average molecular weight is 512 g/mol. The summed E-state index contributed by atoms with van der Waals surface area (Å²) in [5.41, 5.74) is 2.23. The summed E-state index contributed by atoms with van der Waals surface area (Å²) in [4.78, 5) is 38.3. The van der Waals surface area contributed by atoms with Crippen molar-refractivity contribution < 1.29 is 23.8 Å². The number of amides is 1. The van der Waals surface area contributed by atoms with Gasteiger partial charge in [-0.1, -0.05) is 26.2 Å². The molecule has 3 heterocycles. The third kappa shape index (κ3) is 6.55. The number of aromatic nitrogens is 4. The molecule has 192 valence electrons. The molecule has 0 saturated heterocycles. The van der Waals surface area contributed by atoms with Gasteiger partial charge in [0.15, 0.2) is 0 Å². The number of nitrogens with one attached hydrogen (secondary N) is 1. The van der Waals surface area contributed by atoms with Crippen molar-refractivity contribution in [3.8, 4) is 17.1 Å². The highest BCUT2D eigenvalue weighted by Crippen LogP contribution is 2.33. The summed E-state index contributed by atoms with van der Waals surface area (Å²) in [5.74, 6) is -0.335. The molecule has 0 aliphatic carbocycles. The number of anilines is 1. The van der Waals surface area contributed by atoms with Crippen LogP contribution in [-0.4, -0.2) is 59.8 Å². The Morgan fingerprint density at radius 1 is 1.19 bits per heavy atom. The van der Waals surface area contributed by atoms with Gasteiger partial charge in [0, 0.05) is 38.1 Å². The molecule has 0 aliphatic heterocycles. The van der Waals surface area contributed by atoms with E-state index in [-0.39, 0.29) is 30.9 Å². The lowest BCUT2D eigenvalue weighted by Crippen LogP contribution is -2.22. The third-order valence-electron chi connectivity index (χ3n) is 5.29. The molecule has 0 bridgehead atoms. The van der Waals surface area contributed by atoms with Crippen LogP contribution >= 0.6 is 0 Å². The number of hydrogen-bond acceptors (Lipinski definition) is 8. The normalized spacial score (nSPS) is 11.4. The summed E-state index contributed by atoms with van der Waals surface area (Å²) < 4.78 is 18.4. The van der Waals surface area contributed by atoms with Gasteiger partial charge < -0.3 is 24.1 Å². The van der Waals surface area contributed by atoms with Crippen LogP contribution in [0.15, 0.2) is 36.8 Å². The van der Waals surface area contributed by atoms with Crippen LogP contribution in [0.3, 0.4) is 0 Å². The number of esters is 1. The van der Waals surface area contributed by atoms with E-state index in [1.165, 1.54) is 13.4 Å². The van der Waals surface area contributed by atoms with Crippen molar-refractivity contribution in [2.24, 2.45) is 0 Å². The zero-order chi connectivity index (χ0) is 26.5. The summed E-state index contributed by atoms with van der Waals surface area (Å²) in [5, 5.41) is 3.21. The van der Waals surface area contributed by atoms with Crippen molar-refractivity contribution in [3.63, 3.8) is 0 Å². The second-order valence-corrected chi connectivity index (χ2v) is 15.1. The Morgan fingerprint density at radius 3 is 2.58 bits per heavy atom. The zero-order valence-electron chi connectivity index (χ0n) is 21.7. The second kappa shape index (κ2) is 11.4. The molecule has 11 heteroatoms. The van der Waals surface area contributed by atoms with Gasteiger partial charge in [-0.15, -0.1) is 0 Å². The van der Waals surface area contributed by atoms with Gasteiger partial charge in [0.25, 0.3) is 5.91 Å². The minimum atomic E-state index is -1.25. The fourth-order valence-electron chi connectivity index (χ4n) is 3.38. The molecule has 0 radical (unpaired) electrons. The summed E-state index contributed by atoms with van der Waals surface area (Å²) >= 11 is 0. The number of fused-ring (bicyclic) bond motifs is 1. The van der Waals surface area contributed by atoms with Gasteiger partial charge in [0.05, 0.1) is 30.4 Å².